The molecule has 6 nitrogen and oxygen atoms in total. The molecule has 114 valence electrons. The number of amides is 1. The molecule has 2 rings (SSSR count). The van der Waals surface area contributed by atoms with Gasteiger partial charge in [0.05, 0.1) is 31.6 Å². The molecule has 0 aromatic rings. The maximum absolute atomic E-state index is 12.7. The molecule has 2 aliphatic rings. The molecule has 2 N–H and O–H groups in total. The first-order valence-corrected chi connectivity index (χ1v) is 8.20. The summed E-state index contributed by atoms with van der Waals surface area (Å²) in [6.45, 7) is 4.42. The molecule has 0 aromatic heterocycles. The number of carboxylic acids is 1. The number of nitrogens with zero attached hydrogens (tertiary/aromatic N) is 1. The number of carboxylic acid groups (broad SMARTS) is 1. The number of aliphatic carboxylic acids is 1. The molecule has 2 fully saturated rings. The molecule has 0 aliphatic carbocycles. The van der Waals surface area contributed by atoms with Crippen LogP contribution in [-0.2, 0) is 14.3 Å². The molecule has 0 spiro atoms. The fraction of sp³-hybridized carbons (Fsp3) is 0.846. The largest absolute Gasteiger partial charge is 0.481 e. The van der Waals surface area contributed by atoms with Crippen molar-refractivity contribution < 1.29 is 19.4 Å². The fourth-order valence-corrected chi connectivity index (χ4v) is 3.85. The van der Waals surface area contributed by atoms with E-state index in [1.807, 2.05) is 6.92 Å². The Morgan fingerprint density at radius 3 is 2.95 bits per heavy atom. The van der Waals surface area contributed by atoms with Gasteiger partial charge in [-0.1, -0.05) is 6.92 Å². The van der Waals surface area contributed by atoms with Crippen molar-refractivity contribution >= 4 is 23.6 Å². The van der Waals surface area contributed by atoms with Crippen LogP contribution in [0.3, 0.4) is 0 Å². The van der Waals surface area contributed by atoms with E-state index >= 15 is 0 Å². The van der Waals surface area contributed by atoms with Gasteiger partial charge >= 0.3 is 5.97 Å². The standard InChI is InChI=1S/C13H22N2O4S/c1-2-14-11-7-19-6-10(11)13(18)15-3-4-20-8-9(15)5-12(16)17/h9-11,14H,2-8H2,1H3,(H,16,17). The van der Waals surface area contributed by atoms with Crippen molar-refractivity contribution in [2.45, 2.75) is 25.4 Å². The number of rotatable bonds is 5. The van der Waals surface area contributed by atoms with Crippen LogP contribution in [0, 0.1) is 5.92 Å². The predicted octanol–water partition coefficient (Wildman–Crippen LogP) is 0.0296. The van der Waals surface area contributed by atoms with Gasteiger partial charge in [-0.2, -0.15) is 11.8 Å². The van der Waals surface area contributed by atoms with E-state index in [0.29, 0.717) is 25.5 Å². The second-order valence-electron chi connectivity index (χ2n) is 5.17. The van der Waals surface area contributed by atoms with E-state index < -0.39 is 5.97 Å². The van der Waals surface area contributed by atoms with Crippen molar-refractivity contribution in [2.75, 3.05) is 37.8 Å². The highest BCUT2D eigenvalue weighted by Crippen LogP contribution is 2.24. The first-order chi connectivity index (χ1) is 9.63. The zero-order chi connectivity index (χ0) is 14.5. The zero-order valence-corrected chi connectivity index (χ0v) is 12.5. The lowest BCUT2D eigenvalue weighted by Crippen LogP contribution is -2.53. The van der Waals surface area contributed by atoms with E-state index in [0.717, 1.165) is 12.3 Å². The van der Waals surface area contributed by atoms with E-state index in [9.17, 15) is 9.59 Å². The van der Waals surface area contributed by atoms with Gasteiger partial charge < -0.3 is 20.1 Å². The molecule has 20 heavy (non-hydrogen) atoms. The van der Waals surface area contributed by atoms with E-state index in [4.69, 9.17) is 9.84 Å². The van der Waals surface area contributed by atoms with Crippen LogP contribution in [0.4, 0.5) is 0 Å². The molecule has 2 aliphatic heterocycles. The van der Waals surface area contributed by atoms with Gasteiger partial charge in [-0.25, -0.2) is 0 Å². The lowest BCUT2D eigenvalue weighted by Gasteiger charge is -2.37. The summed E-state index contributed by atoms with van der Waals surface area (Å²) < 4.78 is 5.42. The summed E-state index contributed by atoms with van der Waals surface area (Å²) in [5.74, 6) is 0.592. The Hall–Kier alpha value is -0.790. The molecular formula is C13H22N2O4S. The number of hydrogen-bond acceptors (Lipinski definition) is 5. The van der Waals surface area contributed by atoms with Gasteiger partial charge in [-0.15, -0.1) is 0 Å². The number of nitrogens with one attached hydrogen (secondary N) is 1. The average molecular weight is 302 g/mol. The minimum atomic E-state index is -0.846. The van der Waals surface area contributed by atoms with Crippen LogP contribution in [0.5, 0.6) is 0 Å². The van der Waals surface area contributed by atoms with Crippen molar-refractivity contribution in [3.05, 3.63) is 0 Å². The summed E-state index contributed by atoms with van der Waals surface area (Å²) in [5, 5.41) is 12.3. The van der Waals surface area contributed by atoms with Gasteiger partial charge in [0.15, 0.2) is 0 Å². The summed E-state index contributed by atoms with van der Waals surface area (Å²) in [6.07, 6.45) is 0.0260. The molecule has 2 heterocycles. The molecule has 0 aromatic carbocycles. The Labute approximate surface area is 123 Å². The average Bonchev–Trinajstić information content (AvgIpc) is 2.86. The Bertz CT molecular complexity index is 366. The van der Waals surface area contributed by atoms with Crippen LogP contribution in [0.25, 0.3) is 0 Å². The summed E-state index contributed by atoms with van der Waals surface area (Å²) >= 11 is 1.72. The summed E-state index contributed by atoms with van der Waals surface area (Å²) in [4.78, 5) is 25.4. The Morgan fingerprint density at radius 2 is 2.25 bits per heavy atom. The summed E-state index contributed by atoms with van der Waals surface area (Å²) in [7, 11) is 0. The number of carbonyl (C=O) groups excluding carboxylic acids is 1. The first kappa shape index (κ1) is 15.6. The Morgan fingerprint density at radius 1 is 1.45 bits per heavy atom. The SMILES string of the molecule is CCNC1COCC1C(=O)N1CCSCC1CC(=O)O. The second kappa shape index (κ2) is 7.28. The molecule has 3 unspecified atom stereocenters. The van der Waals surface area contributed by atoms with Crippen molar-refractivity contribution in [3.63, 3.8) is 0 Å². The van der Waals surface area contributed by atoms with Crippen LogP contribution in [0.1, 0.15) is 13.3 Å². The van der Waals surface area contributed by atoms with Gasteiger partial charge in [0.25, 0.3) is 0 Å². The van der Waals surface area contributed by atoms with Gasteiger partial charge in [0.2, 0.25) is 5.91 Å². The highest BCUT2D eigenvalue weighted by atomic mass is 32.2. The number of ether oxygens (including phenoxy) is 1. The smallest absolute Gasteiger partial charge is 0.305 e. The van der Waals surface area contributed by atoms with E-state index in [1.165, 1.54) is 0 Å². The maximum Gasteiger partial charge on any atom is 0.305 e. The molecular weight excluding hydrogens is 280 g/mol. The summed E-state index contributed by atoms with van der Waals surface area (Å²) in [5.41, 5.74) is 0. The quantitative estimate of drug-likeness (QED) is 0.746. The molecule has 1 amide bonds. The van der Waals surface area contributed by atoms with E-state index in [2.05, 4.69) is 5.32 Å². The monoisotopic (exact) mass is 302 g/mol. The van der Waals surface area contributed by atoms with E-state index in [1.54, 1.807) is 16.7 Å². The minimum absolute atomic E-state index is 0.0260. The van der Waals surface area contributed by atoms with Gasteiger partial charge in [0.1, 0.15) is 0 Å². The molecule has 0 bridgehead atoms. The van der Waals surface area contributed by atoms with Crippen LogP contribution in [-0.4, -0.2) is 71.8 Å². The normalized spacial score (nSPS) is 30.4. The van der Waals surface area contributed by atoms with Crippen molar-refractivity contribution in [1.82, 2.24) is 10.2 Å². The molecule has 7 heteroatoms. The summed E-state index contributed by atoms with van der Waals surface area (Å²) in [6, 6.07) is -0.144. The number of thioether (sulfide) groups is 1. The zero-order valence-electron chi connectivity index (χ0n) is 11.7. The first-order valence-electron chi connectivity index (χ1n) is 7.04. The van der Waals surface area contributed by atoms with Crippen LogP contribution in [0.15, 0.2) is 0 Å². The third kappa shape index (κ3) is 3.65. The highest BCUT2D eigenvalue weighted by Gasteiger charge is 2.39. The van der Waals surface area contributed by atoms with Crippen molar-refractivity contribution in [2.24, 2.45) is 5.92 Å². The third-order valence-electron chi connectivity index (χ3n) is 3.78. The molecule has 2 saturated heterocycles. The molecule has 3 atom stereocenters. The van der Waals surface area contributed by atoms with Crippen LogP contribution in [0.2, 0.25) is 0 Å². The number of hydrogen-bond donors (Lipinski definition) is 2. The third-order valence-corrected chi connectivity index (χ3v) is 4.88. The maximum atomic E-state index is 12.7. The van der Waals surface area contributed by atoms with E-state index in [-0.39, 0.29) is 30.3 Å². The lowest BCUT2D eigenvalue weighted by atomic mass is 10.0. The van der Waals surface area contributed by atoms with Gasteiger partial charge in [0, 0.05) is 24.1 Å². The molecule has 0 saturated carbocycles. The number of carbonyl (C=O) groups is 2. The fourth-order valence-electron chi connectivity index (χ4n) is 2.79. The van der Waals surface area contributed by atoms with Crippen molar-refractivity contribution in [1.29, 1.82) is 0 Å². The lowest BCUT2D eigenvalue weighted by molar-refractivity contribution is -0.142. The van der Waals surface area contributed by atoms with Gasteiger partial charge in [-0.3, -0.25) is 9.59 Å². The Kier molecular flexibility index (Phi) is 5.68. The van der Waals surface area contributed by atoms with Crippen LogP contribution < -0.4 is 5.32 Å². The van der Waals surface area contributed by atoms with Crippen molar-refractivity contribution in [3.8, 4) is 0 Å². The topological polar surface area (TPSA) is 78.9 Å². The number of likely N-dealkylation sites (N-methyl/N-ethyl adjacent to an activating group) is 1. The predicted molar refractivity (Wildman–Crippen MR) is 76.9 cm³/mol. The molecule has 0 radical (unpaired) electrons. The second-order valence-corrected chi connectivity index (χ2v) is 6.32. The minimum Gasteiger partial charge on any atom is -0.481 e. The van der Waals surface area contributed by atoms with Gasteiger partial charge in [-0.05, 0) is 6.54 Å². The Balaban J connectivity index is 2.03. The highest BCUT2D eigenvalue weighted by molar-refractivity contribution is 7.99. The van der Waals surface area contributed by atoms with Crippen LogP contribution >= 0.6 is 11.8 Å².